The van der Waals surface area contributed by atoms with Gasteiger partial charge in [-0.25, -0.2) is 0 Å². The molecule has 0 saturated carbocycles. The Hall–Kier alpha value is -0.420. The lowest BCUT2D eigenvalue weighted by Crippen LogP contribution is -2.61. The van der Waals surface area contributed by atoms with E-state index in [9.17, 15) is 0 Å². The molecule has 0 aromatic carbocycles. The third-order valence-corrected chi connectivity index (χ3v) is 5.85. The molecule has 0 bridgehead atoms. The molecular formula is C17H30N2OS. The molecule has 0 radical (unpaired) electrons. The first kappa shape index (κ1) is 16.9. The maximum absolute atomic E-state index is 5.54. The number of nitrogens with zero attached hydrogens (tertiary/aromatic N) is 1. The van der Waals surface area contributed by atoms with Crippen molar-refractivity contribution in [3.05, 3.63) is 22.4 Å². The summed E-state index contributed by atoms with van der Waals surface area (Å²) < 4.78 is 5.54. The molecule has 1 aliphatic heterocycles. The van der Waals surface area contributed by atoms with Gasteiger partial charge in [0.25, 0.3) is 0 Å². The number of likely N-dealkylation sites (N-methyl/N-ethyl adjacent to an activating group) is 1. The quantitative estimate of drug-likeness (QED) is 0.798. The molecule has 1 aromatic rings. The number of ether oxygens (including phenoxy) is 1. The summed E-state index contributed by atoms with van der Waals surface area (Å²) in [6, 6.07) is 4.95. The Morgan fingerprint density at radius 1 is 1.38 bits per heavy atom. The molecule has 1 aliphatic rings. The maximum atomic E-state index is 5.54. The van der Waals surface area contributed by atoms with Crippen molar-refractivity contribution in [2.75, 3.05) is 32.8 Å². The van der Waals surface area contributed by atoms with E-state index in [1.54, 1.807) is 0 Å². The monoisotopic (exact) mass is 310 g/mol. The maximum Gasteiger partial charge on any atom is 0.0594 e. The lowest BCUT2D eigenvalue weighted by Gasteiger charge is -2.48. The smallest absolute Gasteiger partial charge is 0.0594 e. The van der Waals surface area contributed by atoms with E-state index in [0.29, 0.717) is 6.04 Å². The highest BCUT2D eigenvalue weighted by molar-refractivity contribution is 7.09. The van der Waals surface area contributed by atoms with E-state index in [1.165, 1.54) is 24.1 Å². The molecule has 1 aromatic heterocycles. The van der Waals surface area contributed by atoms with Gasteiger partial charge in [0.1, 0.15) is 0 Å². The van der Waals surface area contributed by atoms with E-state index >= 15 is 0 Å². The number of aryl methyl sites for hydroxylation is 1. The van der Waals surface area contributed by atoms with Crippen molar-refractivity contribution in [1.82, 2.24) is 10.2 Å². The van der Waals surface area contributed by atoms with E-state index < -0.39 is 0 Å². The SMILES string of the molecule is CCNC(CCc1cccs1)C(C)(CC)N1CCOCC1. The van der Waals surface area contributed by atoms with Crippen LogP contribution in [0.4, 0.5) is 0 Å². The van der Waals surface area contributed by atoms with Gasteiger partial charge in [-0.15, -0.1) is 11.3 Å². The number of hydrogen-bond acceptors (Lipinski definition) is 4. The lowest BCUT2D eigenvalue weighted by molar-refractivity contribution is -0.0331. The van der Waals surface area contributed by atoms with Crippen LogP contribution in [0.3, 0.4) is 0 Å². The van der Waals surface area contributed by atoms with Gasteiger partial charge in [-0.2, -0.15) is 0 Å². The van der Waals surface area contributed by atoms with Crippen molar-refractivity contribution in [1.29, 1.82) is 0 Å². The largest absolute Gasteiger partial charge is 0.379 e. The van der Waals surface area contributed by atoms with Crippen LogP contribution in [-0.4, -0.2) is 49.3 Å². The van der Waals surface area contributed by atoms with Gasteiger partial charge in [0.15, 0.2) is 0 Å². The Balaban J connectivity index is 2.04. The van der Waals surface area contributed by atoms with Gasteiger partial charge < -0.3 is 10.1 Å². The van der Waals surface area contributed by atoms with Gasteiger partial charge in [0.05, 0.1) is 13.2 Å². The number of rotatable bonds is 8. The van der Waals surface area contributed by atoms with Gasteiger partial charge in [0.2, 0.25) is 0 Å². The highest BCUT2D eigenvalue weighted by atomic mass is 32.1. The average molecular weight is 311 g/mol. The third-order valence-electron chi connectivity index (χ3n) is 4.91. The molecule has 2 heterocycles. The predicted molar refractivity (Wildman–Crippen MR) is 91.2 cm³/mol. The van der Waals surface area contributed by atoms with Gasteiger partial charge in [-0.3, -0.25) is 4.90 Å². The van der Waals surface area contributed by atoms with Crippen LogP contribution in [0.1, 0.15) is 38.5 Å². The summed E-state index contributed by atoms with van der Waals surface area (Å²) in [5, 5.41) is 5.94. The highest BCUT2D eigenvalue weighted by Gasteiger charge is 2.38. The molecule has 1 saturated heterocycles. The first-order chi connectivity index (χ1) is 10.2. The number of thiophene rings is 1. The Morgan fingerprint density at radius 3 is 2.71 bits per heavy atom. The minimum absolute atomic E-state index is 0.219. The molecule has 2 atom stereocenters. The van der Waals surface area contributed by atoms with Crippen LogP contribution >= 0.6 is 11.3 Å². The summed E-state index contributed by atoms with van der Waals surface area (Å²) in [6.45, 7) is 11.9. The van der Waals surface area contributed by atoms with E-state index in [2.05, 4.69) is 48.5 Å². The molecule has 1 fully saturated rings. The zero-order chi connectivity index (χ0) is 15.1. The van der Waals surface area contributed by atoms with Crippen molar-refractivity contribution in [2.24, 2.45) is 0 Å². The number of hydrogen-bond donors (Lipinski definition) is 1. The van der Waals surface area contributed by atoms with Crippen LogP contribution in [-0.2, 0) is 11.2 Å². The van der Waals surface area contributed by atoms with E-state index in [0.717, 1.165) is 32.8 Å². The van der Waals surface area contributed by atoms with Gasteiger partial charge in [0, 0.05) is 29.5 Å². The average Bonchev–Trinajstić information content (AvgIpc) is 3.05. The van der Waals surface area contributed by atoms with Gasteiger partial charge in [-0.05, 0) is 44.2 Å². The molecule has 2 rings (SSSR count). The minimum atomic E-state index is 0.219. The Morgan fingerprint density at radius 2 is 2.14 bits per heavy atom. The number of nitrogens with one attached hydrogen (secondary N) is 1. The van der Waals surface area contributed by atoms with Crippen molar-refractivity contribution in [2.45, 2.75) is 51.6 Å². The Bertz CT molecular complexity index is 390. The summed E-state index contributed by atoms with van der Waals surface area (Å²) in [4.78, 5) is 4.14. The van der Waals surface area contributed by atoms with Crippen LogP contribution in [0.5, 0.6) is 0 Å². The standard InChI is InChI=1S/C17H30N2OS/c1-4-17(3,19-10-12-20-13-11-19)16(18-5-2)9-8-15-7-6-14-21-15/h6-7,14,16,18H,4-5,8-13H2,1-3H3. The third kappa shape index (κ3) is 4.28. The molecule has 0 spiro atoms. The van der Waals surface area contributed by atoms with Crippen LogP contribution in [0.2, 0.25) is 0 Å². The van der Waals surface area contributed by atoms with Crippen LogP contribution in [0.25, 0.3) is 0 Å². The molecular weight excluding hydrogens is 280 g/mol. The minimum Gasteiger partial charge on any atom is -0.379 e. The molecule has 3 nitrogen and oxygen atoms in total. The second-order valence-electron chi connectivity index (χ2n) is 6.04. The molecule has 1 N–H and O–H groups in total. The fourth-order valence-corrected chi connectivity index (χ4v) is 4.11. The second kappa shape index (κ2) is 8.28. The summed E-state index contributed by atoms with van der Waals surface area (Å²) in [5.41, 5.74) is 0.219. The van der Waals surface area contributed by atoms with E-state index in [1.807, 2.05) is 11.3 Å². The lowest BCUT2D eigenvalue weighted by atomic mass is 9.84. The molecule has 0 aliphatic carbocycles. The second-order valence-corrected chi connectivity index (χ2v) is 7.07. The predicted octanol–water partition coefficient (Wildman–Crippen LogP) is 3.16. The van der Waals surface area contributed by atoms with Crippen LogP contribution in [0.15, 0.2) is 17.5 Å². The zero-order valence-electron chi connectivity index (χ0n) is 13.7. The molecule has 120 valence electrons. The summed E-state index contributed by atoms with van der Waals surface area (Å²) in [7, 11) is 0. The molecule has 2 unspecified atom stereocenters. The van der Waals surface area contributed by atoms with E-state index in [-0.39, 0.29) is 5.54 Å². The highest BCUT2D eigenvalue weighted by Crippen LogP contribution is 2.28. The van der Waals surface area contributed by atoms with Crippen molar-refractivity contribution >= 4 is 11.3 Å². The molecule has 21 heavy (non-hydrogen) atoms. The fraction of sp³-hybridized carbons (Fsp3) is 0.765. The van der Waals surface area contributed by atoms with Crippen LogP contribution in [0, 0.1) is 0 Å². The van der Waals surface area contributed by atoms with Gasteiger partial charge in [-0.1, -0.05) is 19.9 Å². The molecule has 4 heteroatoms. The van der Waals surface area contributed by atoms with Crippen molar-refractivity contribution < 1.29 is 4.74 Å². The normalized spacial score (nSPS) is 21.1. The topological polar surface area (TPSA) is 24.5 Å². The summed E-state index contributed by atoms with van der Waals surface area (Å²) in [5.74, 6) is 0. The van der Waals surface area contributed by atoms with Crippen molar-refractivity contribution in [3.8, 4) is 0 Å². The first-order valence-electron chi connectivity index (χ1n) is 8.29. The van der Waals surface area contributed by atoms with Crippen molar-refractivity contribution in [3.63, 3.8) is 0 Å². The summed E-state index contributed by atoms with van der Waals surface area (Å²) in [6.07, 6.45) is 3.56. The zero-order valence-corrected chi connectivity index (χ0v) is 14.5. The fourth-order valence-electron chi connectivity index (χ4n) is 3.39. The van der Waals surface area contributed by atoms with Crippen LogP contribution < -0.4 is 5.32 Å². The Labute approximate surface area is 133 Å². The summed E-state index contributed by atoms with van der Waals surface area (Å²) >= 11 is 1.88. The molecule has 0 amide bonds. The van der Waals surface area contributed by atoms with E-state index in [4.69, 9.17) is 4.74 Å². The van der Waals surface area contributed by atoms with Gasteiger partial charge >= 0.3 is 0 Å². The number of morpholine rings is 1. The first-order valence-corrected chi connectivity index (χ1v) is 9.17. The Kier molecular flexibility index (Phi) is 6.68.